The number of nitrogens with zero attached hydrogens (tertiary/aromatic N) is 1. The summed E-state index contributed by atoms with van der Waals surface area (Å²) in [4.78, 5) is 10.8. The summed E-state index contributed by atoms with van der Waals surface area (Å²) >= 11 is 0. The van der Waals surface area contributed by atoms with E-state index in [9.17, 15) is 15.0 Å². The van der Waals surface area contributed by atoms with Gasteiger partial charge in [-0.2, -0.15) is 4.57 Å². The Labute approximate surface area is 115 Å². The SMILES string of the molecule is O=C(O)c1ccc[n+]([C@@H]2O[C@H](CO)[C@@H](O)[C@H]2O)c1.[Cl-]. The van der Waals surface area contributed by atoms with Gasteiger partial charge in [0, 0.05) is 6.07 Å². The molecule has 2 heterocycles. The molecule has 0 spiro atoms. The molecule has 106 valence electrons. The quantitative estimate of drug-likeness (QED) is 0.417. The van der Waals surface area contributed by atoms with Crippen LogP contribution in [0.1, 0.15) is 16.6 Å². The molecule has 19 heavy (non-hydrogen) atoms. The molecule has 7 nitrogen and oxygen atoms in total. The molecule has 0 aromatic carbocycles. The standard InChI is InChI=1S/C11H13NO6.ClH/c13-5-7-8(14)9(15)10(18-7)12-3-1-2-6(4-12)11(16)17;/h1-4,7-10,13-15H,5H2;1H/t7-,8-,9-,10-;/m1./s1. The van der Waals surface area contributed by atoms with Gasteiger partial charge < -0.3 is 37.6 Å². The monoisotopic (exact) mass is 291 g/mol. The van der Waals surface area contributed by atoms with Gasteiger partial charge in [0.2, 0.25) is 0 Å². The molecule has 1 aliphatic rings. The number of hydrogen-bond acceptors (Lipinski definition) is 5. The first kappa shape index (κ1) is 15.8. The Balaban J connectivity index is 0.00000180. The summed E-state index contributed by atoms with van der Waals surface area (Å²) in [6.07, 6.45) is -1.42. The number of pyridine rings is 1. The largest absolute Gasteiger partial charge is 1.00 e. The van der Waals surface area contributed by atoms with Crippen LogP contribution < -0.4 is 17.0 Å². The Morgan fingerprint density at radius 2 is 2.05 bits per heavy atom. The highest BCUT2D eigenvalue weighted by Crippen LogP contribution is 2.24. The number of carboxylic acids is 1. The van der Waals surface area contributed by atoms with Gasteiger partial charge in [0.15, 0.2) is 18.5 Å². The molecule has 0 aliphatic carbocycles. The van der Waals surface area contributed by atoms with Crippen LogP contribution in [0, 0.1) is 0 Å². The van der Waals surface area contributed by atoms with Crippen LogP contribution in [-0.2, 0) is 4.74 Å². The lowest BCUT2D eigenvalue weighted by Crippen LogP contribution is -3.00. The number of aliphatic hydroxyl groups is 3. The topological polar surface area (TPSA) is 111 Å². The first-order chi connectivity index (χ1) is 8.54. The first-order valence-electron chi connectivity index (χ1n) is 5.41. The van der Waals surface area contributed by atoms with E-state index < -0.39 is 37.1 Å². The van der Waals surface area contributed by atoms with Gasteiger partial charge in [0.25, 0.3) is 6.23 Å². The van der Waals surface area contributed by atoms with E-state index in [1.807, 2.05) is 0 Å². The number of rotatable bonds is 3. The third-order valence-electron chi connectivity index (χ3n) is 2.88. The Morgan fingerprint density at radius 3 is 2.58 bits per heavy atom. The van der Waals surface area contributed by atoms with Gasteiger partial charge in [-0.05, 0) is 6.07 Å². The van der Waals surface area contributed by atoms with Gasteiger partial charge in [-0.3, -0.25) is 0 Å². The van der Waals surface area contributed by atoms with E-state index in [1.165, 1.54) is 29.1 Å². The summed E-state index contributed by atoms with van der Waals surface area (Å²) in [6.45, 7) is -0.423. The van der Waals surface area contributed by atoms with Crippen LogP contribution in [0.25, 0.3) is 0 Å². The van der Waals surface area contributed by atoms with Crippen molar-refractivity contribution in [2.75, 3.05) is 6.61 Å². The molecule has 1 aliphatic heterocycles. The van der Waals surface area contributed by atoms with Gasteiger partial charge in [-0.1, -0.05) is 0 Å². The fourth-order valence-electron chi connectivity index (χ4n) is 1.90. The van der Waals surface area contributed by atoms with E-state index in [4.69, 9.17) is 14.9 Å². The Kier molecular flexibility index (Phi) is 5.21. The zero-order valence-electron chi connectivity index (χ0n) is 9.76. The zero-order chi connectivity index (χ0) is 13.3. The predicted molar refractivity (Wildman–Crippen MR) is 56.6 cm³/mol. The molecule has 4 atom stereocenters. The number of carbonyl (C=O) groups is 1. The zero-order valence-corrected chi connectivity index (χ0v) is 10.5. The minimum atomic E-state index is -1.23. The lowest BCUT2D eigenvalue weighted by atomic mass is 10.1. The molecule has 0 saturated carbocycles. The van der Waals surface area contributed by atoms with Crippen molar-refractivity contribution >= 4 is 5.97 Å². The van der Waals surface area contributed by atoms with Crippen molar-refractivity contribution in [1.82, 2.24) is 0 Å². The second-order valence-corrected chi connectivity index (χ2v) is 4.07. The number of carboxylic acid groups (broad SMARTS) is 1. The third-order valence-corrected chi connectivity index (χ3v) is 2.88. The van der Waals surface area contributed by atoms with Crippen molar-refractivity contribution in [1.29, 1.82) is 0 Å². The lowest BCUT2D eigenvalue weighted by molar-refractivity contribution is -0.765. The van der Waals surface area contributed by atoms with Crippen molar-refractivity contribution in [3.63, 3.8) is 0 Å². The molecular formula is C11H14ClNO6. The number of hydrogen-bond donors (Lipinski definition) is 4. The number of halogens is 1. The van der Waals surface area contributed by atoms with Gasteiger partial charge in [-0.25, -0.2) is 4.79 Å². The van der Waals surface area contributed by atoms with E-state index in [1.54, 1.807) is 0 Å². The molecule has 8 heteroatoms. The molecule has 0 bridgehead atoms. The molecule has 1 aromatic heterocycles. The Bertz CT molecular complexity index is 457. The number of aromatic carboxylic acids is 1. The van der Waals surface area contributed by atoms with Gasteiger partial charge >= 0.3 is 5.97 Å². The smallest absolute Gasteiger partial charge is 0.341 e. The van der Waals surface area contributed by atoms with E-state index >= 15 is 0 Å². The maximum absolute atomic E-state index is 10.8. The Morgan fingerprint density at radius 1 is 1.37 bits per heavy atom. The maximum Gasteiger partial charge on any atom is 0.341 e. The highest BCUT2D eigenvalue weighted by Gasteiger charge is 2.47. The molecule has 0 unspecified atom stereocenters. The average molecular weight is 292 g/mol. The summed E-state index contributed by atoms with van der Waals surface area (Å²) in [6, 6.07) is 2.90. The normalized spacial score (nSPS) is 29.8. The molecule has 1 fully saturated rings. The molecule has 0 radical (unpaired) electrons. The minimum Gasteiger partial charge on any atom is -1.00 e. The van der Waals surface area contributed by atoms with Crippen LogP contribution >= 0.6 is 0 Å². The molecular weight excluding hydrogens is 278 g/mol. The fraction of sp³-hybridized carbons (Fsp3) is 0.455. The lowest BCUT2D eigenvalue weighted by Gasteiger charge is -2.09. The third kappa shape index (κ3) is 3.02. The molecule has 1 aromatic rings. The molecule has 1 saturated heterocycles. The maximum atomic E-state index is 10.8. The molecule has 2 rings (SSSR count). The van der Waals surface area contributed by atoms with Crippen LogP contribution in [0.15, 0.2) is 24.5 Å². The minimum absolute atomic E-state index is 0. The van der Waals surface area contributed by atoms with Gasteiger partial charge in [0.05, 0.1) is 6.61 Å². The van der Waals surface area contributed by atoms with Crippen molar-refractivity contribution in [3.8, 4) is 0 Å². The average Bonchev–Trinajstić information content (AvgIpc) is 2.66. The Hall–Kier alpha value is -1.25. The van der Waals surface area contributed by atoms with Gasteiger partial charge in [0.1, 0.15) is 17.8 Å². The predicted octanol–water partition coefficient (Wildman–Crippen LogP) is -4.71. The van der Waals surface area contributed by atoms with Crippen LogP contribution in [0.2, 0.25) is 0 Å². The van der Waals surface area contributed by atoms with Crippen LogP contribution in [0.3, 0.4) is 0 Å². The van der Waals surface area contributed by atoms with Crippen LogP contribution in [-0.4, -0.2) is 51.3 Å². The fourth-order valence-corrected chi connectivity index (χ4v) is 1.90. The van der Waals surface area contributed by atoms with Crippen molar-refractivity contribution < 1.29 is 46.9 Å². The summed E-state index contributed by atoms with van der Waals surface area (Å²) in [5.41, 5.74) is 0.0373. The number of ether oxygens (including phenoxy) is 1. The summed E-state index contributed by atoms with van der Waals surface area (Å²) in [7, 11) is 0. The van der Waals surface area contributed by atoms with E-state index in [0.29, 0.717) is 0 Å². The summed E-state index contributed by atoms with van der Waals surface area (Å²) < 4.78 is 6.63. The second-order valence-electron chi connectivity index (χ2n) is 4.07. The van der Waals surface area contributed by atoms with Crippen molar-refractivity contribution in [2.45, 2.75) is 24.5 Å². The number of aliphatic hydroxyl groups excluding tert-OH is 3. The van der Waals surface area contributed by atoms with Crippen molar-refractivity contribution in [3.05, 3.63) is 30.1 Å². The molecule has 4 N–H and O–H groups in total. The highest BCUT2D eigenvalue weighted by molar-refractivity contribution is 5.86. The molecule has 0 amide bonds. The van der Waals surface area contributed by atoms with E-state index in [0.717, 1.165) is 0 Å². The van der Waals surface area contributed by atoms with Crippen LogP contribution in [0.5, 0.6) is 0 Å². The highest BCUT2D eigenvalue weighted by atomic mass is 35.5. The van der Waals surface area contributed by atoms with Crippen molar-refractivity contribution in [2.24, 2.45) is 0 Å². The van der Waals surface area contributed by atoms with E-state index in [-0.39, 0.29) is 18.0 Å². The number of aromatic nitrogens is 1. The summed E-state index contributed by atoms with van der Waals surface area (Å²) in [5.74, 6) is -1.10. The van der Waals surface area contributed by atoms with E-state index in [2.05, 4.69) is 0 Å². The summed E-state index contributed by atoms with van der Waals surface area (Å²) in [5, 5.41) is 37.2. The van der Waals surface area contributed by atoms with Gasteiger partial charge in [-0.15, -0.1) is 0 Å². The first-order valence-corrected chi connectivity index (χ1v) is 5.41. The van der Waals surface area contributed by atoms with Crippen LogP contribution in [0.4, 0.5) is 0 Å². The second kappa shape index (κ2) is 6.27.